The van der Waals surface area contributed by atoms with Crippen molar-refractivity contribution >= 4 is 15.9 Å². The molecule has 2 heterocycles. The molecule has 2 aromatic rings. The Labute approximate surface area is 95.6 Å². The van der Waals surface area contributed by atoms with Crippen molar-refractivity contribution in [3.05, 3.63) is 18.3 Å². The predicted molar refractivity (Wildman–Crippen MR) is 58.5 cm³/mol. The van der Waals surface area contributed by atoms with E-state index in [-0.39, 0.29) is 4.83 Å². The molecular weight excluding hydrogens is 260 g/mol. The molecule has 5 nitrogen and oxygen atoms in total. The molecule has 0 spiro atoms. The van der Waals surface area contributed by atoms with Crippen LogP contribution in [-0.4, -0.2) is 19.7 Å². The summed E-state index contributed by atoms with van der Waals surface area (Å²) in [5.74, 6) is 1.83. The van der Waals surface area contributed by atoms with Crippen LogP contribution in [0.4, 0.5) is 0 Å². The molecule has 0 saturated heterocycles. The third-order valence-corrected chi connectivity index (χ3v) is 3.13. The average Bonchev–Trinajstić information content (AvgIpc) is 2.84. The first-order valence-corrected chi connectivity index (χ1v) is 5.59. The number of nitrogens with zero attached hydrogens (tertiary/aromatic N) is 4. The smallest absolute Gasteiger partial charge is 0.240 e. The quantitative estimate of drug-likeness (QED) is 0.804. The summed E-state index contributed by atoms with van der Waals surface area (Å²) in [5, 5.41) is 3.89. The third kappa shape index (κ3) is 1.94. The standard InChI is InChI=1S/C9H11BrN4O/c1-3-6(10)9-12-7(13-15-9)8-11-4-5-14(8)2/h4-6H,3H2,1-2H3. The molecule has 1 atom stereocenters. The van der Waals surface area contributed by atoms with Gasteiger partial charge in [0, 0.05) is 19.4 Å². The van der Waals surface area contributed by atoms with Gasteiger partial charge in [-0.05, 0) is 6.42 Å². The summed E-state index contributed by atoms with van der Waals surface area (Å²) >= 11 is 3.46. The number of aromatic nitrogens is 4. The highest BCUT2D eigenvalue weighted by atomic mass is 79.9. The van der Waals surface area contributed by atoms with E-state index in [9.17, 15) is 0 Å². The maximum atomic E-state index is 5.13. The van der Waals surface area contributed by atoms with Crippen molar-refractivity contribution < 1.29 is 4.52 Å². The van der Waals surface area contributed by atoms with E-state index in [0.717, 1.165) is 6.42 Å². The molecule has 0 aliphatic rings. The molecule has 0 amide bonds. The molecule has 2 rings (SSSR count). The van der Waals surface area contributed by atoms with Gasteiger partial charge in [-0.1, -0.05) is 28.0 Å². The zero-order valence-corrected chi connectivity index (χ0v) is 10.1. The highest BCUT2D eigenvalue weighted by molar-refractivity contribution is 9.09. The highest BCUT2D eigenvalue weighted by Gasteiger charge is 2.16. The summed E-state index contributed by atoms with van der Waals surface area (Å²) in [6, 6.07) is 0. The van der Waals surface area contributed by atoms with Gasteiger partial charge in [0.1, 0.15) is 0 Å². The topological polar surface area (TPSA) is 56.7 Å². The second kappa shape index (κ2) is 4.14. The molecule has 0 aliphatic heterocycles. The van der Waals surface area contributed by atoms with Gasteiger partial charge in [0.2, 0.25) is 11.7 Å². The normalized spacial score (nSPS) is 13.0. The van der Waals surface area contributed by atoms with Crippen molar-refractivity contribution in [2.75, 3.05) is 0 Å². The summed E-state index contributed by atoms with van der Waals surface area (Å²) in [7, 11) is 1.89. The van der Waals surface area contributed by atoms with Crippen LogP contribution in [0, 0.1) is 0 Å². The summed E-state index contributed by atoms with van der Waals surface area (Å²) in [6.07, 6.45) is 4.45. The van der Waals surface area contributed by atoms with E-state index in [0.29, 0.717) is 17.5 Å². The monoisotopic (exact) mass is 270 g/mol. The first-order valence-electron chi connectivity index (χ1n) is 4.67. The minimum Gasteiger partial charge on any atom is -0.338 e. The van der Waals surface area contributed by atoms with Crippen molar-refractivity contribution in [1.82, 2.24) is 19.7 Å². The van der Waals surface area contributed by atoms with Gasteiger partial charge in [-0.2, -0.15) is 4.98 Å². The van der Waals surface area contributed by atoms with Gasteiger partial charge < -0.3 is 9.09 Å². The van der Waals surface area contributed by atoms with Gasteiger partial charge >= 0.3 is 0 Å². The molecule has 1 unspecified atom stereocenters. The molecule has 15 heavy (non-hydrogen) atoms. The minimum atomic E-state index is 0.110. The molecular formula is C9H11BrN4O. The lowest BCUT2D eigenvalue weighted by Crippen LogP contribution is -1.93. The molecule has 0 aromatic carbocycles. The number of rotatable bonds is 3. The van der Waals surface area contributed by atoms with Crippen LogP contribution in [0.3, 0.4) is 0 Å². The number of aryl methyl sites for hydroxylation is 1. The van der Waals surface area contributed by atoms with Gasteiger partial charge in [0.15, 0.2) is 5.82 Å². The van der Waals surface area contributed by atoms with Crippen LogP contribution in [-0.2, 0) is 7.05 Å². The van der Waals surface area contributed by atoms with Crippen LogP contribution in [0.15, 0.2) is 16.9 Å². The third-order valence-electron chi connectivity index (χ3n) is 2.09. The molecule has 80 valence electrons. The Morgan fingerprint density at radius 1 is 1.60 bits per heavy atom. The fourth-order valence-electron chi connectivity index (χ4n) is 1.21. The van der Waals surface area contributed by atoms with Gasteiger partial charge in [-0.25, -0.2) is 4.98 Å². The summed E-state index contributed by atoms with van der Waals surface area (Å²) in [5.41, 5.74) is 0. The van der Waals surface area contributed by atoms with Crippen molar-refractivity contribution in [3.63, 3.8) is 0 Å². The number of halogens is 1. The van der Waals surface area contributed by atoms with Crippen molar-refractivity contribution in [2.24, 2.45) is 7.05 Å². The summed E-state index contributed by atoms with van der Waals surface area (Å²) in [4.78, 5) is 8.53. The van der Waals surface area contributed by atoms with Gasteiger partial charge in [0.25, 0.3) is 0 Å². The van der Waals surface area contributed by atoms with E-state index in [4.69, 9.17) is 4.52 Å². The lowest BCUT2D eigenvalue weighted by Gasteiger charge is -1.96. The number of imidazole rings is 1. The van der Waals surface area contributed by atoms with Crippen LogP contribution in [0.2, 0.25) is 0 Å². The summed E-state index contributed by atoms with van der Waals surface area (Å²) < 4.78 is 6.99. The second-order valence-corrected chi connectivity index (χ2v) is 4.30. The van der Waals surface area contributed by atoms with E-state index >= 15 is 0 Å². The van der Waals surface area contributed by atoms with Gasteiger partial charge in [-0.15, -0.1) is 0 Å². The molecule has 0 N–H and O–H groups in total. The van der Waals surface area contributed by atoms with Gasteiger partial charge in [-0.3, -0.25) is 0 Å². The lowest BCUT2D eigenvalue weighted by molar-refractivity contribution is 0.376. The lowest BCUT2D eigenvalue weighted by atomic mass is 10.3. The molecule has 0 saturated carbocycles. The van der Waals surface area contributed by atoms with Crippen LogP contribution in [0.1, 0.15) is 24.1 Å². The minimum absolute atomic E-state index is 0.110. The largest absolute Gasteiger partial charge is 0.338 e. The molecule has 0 radical (unpaired) electrons. The van der Waals surface area contributed by atoms with Crippen LogP contribution in [0.25, 0.3) is 11.6 Å². The first-order chi connectivity index (χ1) is 7.22. The van der Waals surface area contributed by atoms with E-state index in [1.165, 1.54) is 0 Å². The molecule has 0 fully saturated rings. The molecule has 6 heteroatoms. The summed E-state index contributed by atoms with van der Waals surface area (Å²) in [6.45, 7) is 2.05. The Morgan fingerprint density at radius 3 is 3.00 bits per heavy atom. The number of hydrogen-bond acceptors (Lipinski definition) is 4. The molecule has 2 aromatic heterocycles. The maximum Gasteiger partial charge on any atom is 0.240 e. The Bertz CT molecular complexity index is 450. The van der Waals surface area contributed by atoms with Crippen molar-refractivity contribution in [3.8, 4) is 11.6 Å². The van der Waals surface area contributed by atoms with Crippen LogP contribution >= 0.6 is 15.9 Å². The second-order valence-electron chi connectivity index (χ2n) is 3.19. The SMILES string of the molecule is CCC(Br)c1nc(-c2nccn2C)no1. The zero-order chi connectivity index (χ0) is 10.8. The van der Waals surface area contributed by atoms with E-state index in [1.807, 2.05) is 24.7 Å². The van der Waals surface area contributed by atoms with E-state index in [1.54, 1.807) is 6.20 Å². The van der Waals surface area contributed by atoms with Crippen molar-refractivity contribution in [2.45, 2.75) is 18.2 Å². The highest BCUT2D eigenvalue weighted by Crippen LogP contribution is 2.25. The van der Waals surface area contributed by atoms with Crippen molar-refractivity contribution in [1.29, 1.82) is 0 Å². The zero-order valence-electron chi connectivity index (χ0n) is 8.51. The van der Waals surface area contributed by atoms with Crippen LogP contribution in [0.5, 0.6) is 0 Å². The fraction of sp³-hybridized carbons (Fsp3) is 0.444. The number of hydrogen-bond donors (Lipinski definition) is 0. The Hall–Kier alpha value is -1.17. The average molecular weight is 271 g/mol. The van der Waals surface area contributed by atoms with E-state index < -0.39 is 0 Å². The Morgan fingerprint density at radius 2 is 2.40 bits per heavy atom. The molecule has 0 aliphatic carbocycles. The maximum absolute atomic E-state index is 5.13. The first kappa shape index (κ1) is 10.4. The Kier molecular flexibility index (Phi) is 2.86. The Balaban J connectivity index is 2.32. The van der Waals surface area contributed by atoms with E-state index in [2.05, 4.69) is 31.1 Å². The van der Waals surface area contributed by atoms with Crippen LogP contribution < -0.4 is 0 Å². The predicted octanol–water partition coefficient (Wildman–Crippen LogP) is 2.32. The molecule has 0 bridgehead atoms. The number of alkyl halides is 1. The van der Waals surface area contributed by atoms with Gasteiger partial charge in [0.05, 0.1) is 4.83 Å². The fourth-order valence-corrected chi connectivity index (χ4v) is 1.39.